The molecule has 0 bridgehead atoms. The zero-order valence-corrected chi connectivity index (χ0v) is 20.7. The third kappa shape index (κ3) is 17.0. The van der Waals surface area contributed by atoms with Crippen LogP contribution in [0.4, 0.5) is 0 Å². The largest absolute Gasteiger partial charge is 4.00 e. The summed E-state index contributed by atoms with van der Waals surface area (Å²) in [5, 5.41) is 0. The molecule has 0 aromatic carbocycles. The number of hydrogen-bond acceptors (Lipinski definition) is 0. The molecule has 0 heterocycles. The van der Waals surface area contributed by atoms with Crippen LogP contribution < -0.4 is 24.8 Å². The Kier molecular flexibility index (Phi) is 26.1. The van der Waals surface area contributed by atoms with Crippen LogP contribution in [0.2, 0.25) is 11.5 Å². The van der Waals surface area contributed by atoms with Crippen LogP contribution >= 0.6 is 0 Å². The second-order valence-corrected chi connectivity index (χ2v) is 7.45. The van der Waals surface area contributed by atoms with Gasteiger partial charge in [-0.2, -0.15) is 12.2 Å². The van der Waals surface area contributed by atoms with Crippen molar-refractivity contribution in [2.45, 2.75) is 45.1 Å². The van der Waals surface area contributed by atoms with E-state index >= 15 is 0 Å². The SMILES string of the molecule is CC(C)(C)C1=[C-]CC=C1.[C-]1=CC=CC1.[CH3][GeH][CH3].[Cl-].[Cl-].[Hf+4]. The van der Waals surface area contributed by atoms with Crippen LogP contribution in [0.3, 0.4) is 0 Å². The summed E-state index contributed by atoms with van der Waals surface area (Å²) >= 11 is 0.312. The molecule has 2 aliphatic carbocycles. The molecule has 2 aliphatic rings. The van der Waals surface area contributed by atoms with Gasteiger partial charge in [-0.15, -0.1) is 12.8 Å². The van der Waals surface area contributed by atoms with E-state index in [1.165, 1.54) is 5.57 Å². The fourth-order valence-electron chi connectivity index (χ4n) is 1.26. The molecule has 2 rings (SSSR count). The normalized spacial score (nSPS) is 13.6. The summed E-state index contributed by atoms with van der Waals surface area (Å²) in [5.41, 5.74) is 1.65. The number of hydrogen-bond donors (Lipinski definition) is 0. The Morgan fingerprint density at radius 2 is 1.60 bits per heavy atom. The molecule has 0 N–H and O–H groups in total. The Labute approximate surface area is 163 Å². The average Bonchev–Trinajstić information content (AvgIpc) is 2.95. The molecule has 0 saturated heterocycles. The molecule has 111 valence electrons. The summed E-state index contributed by atoms with van der Waals surface area (Å²) in [5.74, 6) is 4.56. The first kappa shape index (κ1) is 29.0. The van der Waals surface area contributed by atoms with Crippen LogP contribution in [0, 0.1) is 17.6 Å². The Morgan fingerprint density at radius 3 is 1.75 bits per heavy atom. The van der Waals surface area contributed by atoms with E-state index in [1.807, 2.05) is 12.2 Å². The summed E-state index contributed by atoms with van der Waals surface area (Å²) in [6.45, 7) is 6.64. The standard InChI is InChI=1S/C9H13.C5H5.C2H7Ge.2ClH.Hf/c1-9(2,3)8-6-4-5-7-8;1-2-4-5-3-1;1-3-2;;;/h4,6H,5H2,1-3H3;1-3H,4H2;3H,1-2H3;2*1H;/q2*-1;;;;+4/p-2. The molecule has 20 heavy (non-hydrogen) atoms. The molecule has 0 amide bonds. The molecular weight excluding hydrogens is 514 g/mol. The fraction of sp³-hybridized carbons (Fsp3) is 0.500. The molecule has 0 nitrogen and oxygen atoms in total. The molecule has 0 fully saturated rings. The molecule has 0 aliphatic heterocycles. The molecule has 0 atom stereocenters. The topological polar surface area (TPSA) is 0 Å². The van der Waals surface area contributed by atoms with Gasteiger partial charge in [0, 0.05) is 0 Å². The Balaban J connectivity index is -0.000000102. The quantitative estimate of drug-likeness (QED) is 0.261. The van der Waals surface area contributed by atoms with Crippen molar-refractivity contribution in [3.05, 3.63) is 48.1 Å². The molecular formula is C16H25Cl2GeHf. The second kappa shape index (κ2) is 18.0. The van der Waals surface area contributed by atoms with E-state index in [1.54, 1.807) is 0 Å². The molecule has 0 aromatic rings. The van der Waals surface area contributed by atoms with Gasteiger partial charge in [0.25, 0.3) is 0 Å². The zero-order valence-electron chi connectivity index (χ0n) is 13.1. The third-order valence-electron chi connectivity index (χ3n) is 2.09. The predicted octanol–water partition coefficient (Wildman–Crippen LogP) is -1.45. The van der Waals surface area contributed by atoms with E-state index in [2.05, 4.69) is 62.7 Å². The van der Waals surface area contributed by atoms with E-state index in [-0.39, 0.29) is 50.7 Å². The van der Waals surface area contributed by atoms with Crippen molar-refractivity contribution in [1.82, 2.24) is 0 Å². The van der Waals surface area contributed by atoms with Gasteiger partial charge in [0.15, 0.2) is 0 Å². The van der Waals surface area contributed by atoms with Crippen LogP contribution in [0.15, 0.2) is 36.0 Å². The van der Waals surface area contributed by atoms with Gasteiger partial charge in [-0.25, -0.2) is 23.8 Å². The van der Waals surface area contributed by atoms with Crippen LogP contribution in [0.5, 0.6) is 0 Å². The average molecular weight is 539 g/mol. The number of halogens is 2. The maximum atomic E-state index is 3.30. The van der Waals surface area contributed by atoms with Gasteiger partial charge in [0.1, 0.15) is 0 Å². The van der Waals surface area contributed by atoms with Crippen molar-refractivity contribution >= 4 is 15.4 Å². The maximum Gasteiger partial charge on any atom is 4.00 e. The molecule has 1 radical (unpaired) electrons. The van der Waals surface area contributed by atoms with E-state index < -0.39 is 0 Å². The summed E-state index contributed by atoms with van der Waals surface area (Å²) in [6.07, 6.45) is 18.6. The van der Waals surface area contributed by atoms with Crippen molar-refractivity contribution in [2.24, 2.45) is 5.41 Å². The first-order valence-electron chi connectivity index (χ1n) is 6.26. The van der Waals surface area contributed by atoms with E-state index in [9.17, 15) is 0 Å². The molecule has 0 unspecified atom stereocenters. The van der Waals surface area contributed by atoms with E-state index in [0.29, 0.717) is 20.8 Å². The van der Waals surface area contributed by atoms with Crippen molar-refractivity contribution in [3.63, 3.8) is 0 Å². The van der Waals surface area contributed by atoms with E-state index in [0.717, 1.165) is 12.8 Å². The predicted molar refractivity (Wildman–Crippen MR) is 80.4 cm³/mol. The first-order chi connectivity index (χ1) is 8.02. The van der Waals surface area contributed by atoms with Crippen molar-refractivity contribution in [3.8, 4) is 0 Å². The maximum absolute atomic E-state index is 3.30. The van der Waals surface area contributed by atoms with Gasteiger partial charge < -0.3 is 24.8 Å². The minimum Gasteiger partial charge on any atom is -1.00 e. The van der Waals surface area contributed by atoms with Crippen molar-refractivity contribution in [1.29, 1.82) is 0 Å². The van der Waals surface area contributed by atoms with Gasteiger partial charge in [-0.3, -0.25) is 12.2 Å². The fourth-order valence-corrected chi connectivity index (χ4v) is 1.26. The van der Waals surface area contributed by atoms with Crippen molar-refractivity contribution in [2.75, 3.05) is 0 Å². The third-order valence-corrected chi connectivity index (χ3v) is 2.09. The Morgan fingerprint density at radius 1 is 1.05 bits per heavy atom. The summed E-state index contributed by atoms with van der Waals surface area (Å²) in [4.78, 5) is 0. The van der Waals surface area contributed by atoms with E-state index in [4.69, 9.17) is 0 Å². The van der Waals surface area contributed by atoms with Gasteiger partial charge in [-0.05, 0) is 5.41 Å². The van der Waals surface area contributed by atoms with Gasteiger partial charge in [0.05, 0.1) is 0 Å². The Bertz CT molecular complexity index is 303. The summed E-state index contributed by atoms with van der Waals surface area (Å²) in [7, 11) is 0. The number of rotatable bonds is 0. The molecule has 0 spiro atoms. The Hall–Kier alpha value is 0.953. The summed E-state index contributed by atoms with van der Waals surface area (Å²) in [6, 6.07) is 0. The molecule has 0 aromatic heterocycles. The van der Waals surface area contributed by atoms with Gasteiger partial charge >= 0.3 is 52.8 Å². The minimum atomic E-state index is 0. The van der Waals surface area contributed by atoms with Crippen LogP contribution in [-0.2, 0) is 25.8 Å². The second-order valence-electron chi connectivity index (χ2n) is 5.03. The van der Waals surface area contributed by atoms with Crippen LogP contribution in [0.25, 0.3) is 0 Å². The minimum absolute atomic E-state index is 0. The van der Waals surface area contributed by atoms with Crippen molar-refractivity contribution < 1.29 is 50.7 Å². The monoisotopic (exact) mass is 541 g/mol. The van der Waals surface area contributed by atoms with Gasteiger partial charge in [0.2, 0.25) is 0 Å². The summed E-state index contributed by atoms with van der Waals surface area (Å²) < 4.78 is 0. The van der Waals surface area contributed by atoms with Crippen LogP contribution in [-0.4, -0.2) is 15.4 Å². The van der Waals surface area contributed by atoms with Crippen LogP contribution in [0.1, 0.15) is 33.6 Å². The zero-order chi connectivity index (χ0) is 13.1. The first-order valence-corrected chi connectivity index (χ1v) is 11.1. The molecule has 4 heteroatoms. The smallest absolute Gasteiger partial charge is 1.00 e. The number of allylic oxidation sites excluding steroid dienone is 8. The molecule has 0 saturated carbocycles. The van der Waals surface area contributed by atoms with Gasteiger partial charge in [-0.1, -0.05) is 20.8 Å².